The Morgan fingerprint density at radius 1 is 1.00 bits per heavy atom. The first-order chi connectivity index (χ1) is 21.4. The molecule has 0 spiro atoms. The summed E-state index contributed by atoms with van der Waals surface area (Å²) >= 11 is 0. The second kappa shape index (κ2) is 12.2. The Morgan fingerprint density at radius 2 is 1.80 bits per heavy atom. The number of benzene rings is 2. The van der Waals surface area contributed by atoms with Crippen LogP contribution >= 0.6 is 0 Å². The van der Waals surface area contributed by atoms with Gasteiger partial charge in [-0.15, -0.1) is 0 Å². The van der Waals surface area contributed by atoms with Gasteiger partial charge in [0.05, 0.1) is 17.8 Å². The summed E-state index contributed by atoms with van der Waals surface area (Å²) in [5.41, 5.74) is 5.17. The lowest BCUT2D eigenvalue weighted by Gasteiger charge is -2.38. The van der Waals surface area contributed by atoms with E-state index in [1.54, 1.807) is 4.90 Å². The molecule has 1 atom stereocenters. The molecule has 1 aromatic heterocycles. The monoisotopic (exact) mass is 596 g/mol. The summed E-state index contributed by atoms with van der Waals surface area (Å²) in [6.45, 7) is 8.75. The first-order valence-electron chi connectivity index (χ1n) is 16.9. The molecule has 0 N–H and O–H groups in total. The summed E-state index contributed by atoms with van der Waals surface area (Å²) in [7, 11) is 3.71. The molecule has 1 unspecified atom stereocenters. The molecule has 8 heteroatoms. The number of carbonyl (C=O) groups excluding carboxylic acids is 1. The summed E-state index contributed by atoms with van der Waals surface area (Å²) in [4.78, 5) is 32.2. The fraction of sp³-hybridized carbons (Fsp3) is 0.583. The zero-order valence-electron chi connectivity index (χ0n) is 26.9. The van der Waals surface area contributed by atoms with Gasteiger partial charge in [-0.05, 0) is 87.4 Å². The number of aromatic nitrogens is 2. The molecule has 234 valence electrons. The van der Waals surface area contributed by atoms with E-state index in [-0.39, 0.29) is 11.4 Å². The highest BCUT2D eigenvalue weighted by molar-refractivity contribution is 5.97. The van der Waals surface area contributed by atoms with Gasteiger partial charge in [0.2, 0.25) is 5.91 Å². The van der Waals surface area contributed by atoms with Gasteiger partial charge in [0.25, 0.3) is 0 Å². The number of nitrogens with zero attached hydrogens (tertiary/aromatic N) is 6. The van der Waals surface area contributed by atoms with E-state index in [0.29, 0.717) is 25.0 Å². The maximum Gasteiger partial charge on any atom is 0.318 e. The van der Waals surface area contributed by atoms with Crippen LogP contribution in [0.3, 0.4) is 0 Å². The SMILES string of the molecule is CCc1cccc2cccc(N3CCc4c(nc(OCC56CCCN5CCC6)nc4N4CCCC(CC(=O)N(C)C)C4)C3)c12. The van der Waals surface area contributed by atoms with Crippen molar-refractivity contribution in [3.63, 3.8) is 0 Å². The van der Waals surface area contributed by atoms with Crippen LogP contribution < -0.4 is 14.5 Å². The Bertz CT molecular complexity index is 1510. The number of piperidine rings is 1. The molecular weight excluding hydrogens is 548 g/mol. The van der Waals surface area contributed by atoms with Gasteiger partial charge in [-0.1, -0.05) is 37.3 Å². The fourth-order valence-corrected chi connectivity index (χ4v) is 8.39. The van der Waals surface area contributed by atoms with Gasteiger partial charge in [0, 0.05) is 56.8 Å². The summed E-state index contributed by atoms with van der Waals surface area (Å²) in [5.74, 6) is 1.58. The van der Waals surface area contributed by atoms with Crippen LogP contribution in [0.1, 0.15) is 68.7 Å². The predicted molar refractivity (Wildman–Crippen MR) is 177 cm³/mol. The van der Waals surface area contributed by atoms with Crippen LogP contribution in [0.15, 0.2) is 36.4 Å². The summed E-state index contributed by atoms with van der Waals surface area (Å²) in [6.07, 6.45) is 9.55. The number of amides is 1. The van der Waals surface area contributed by atoms with Crippen molar-refractivity contribution in [1.29, 1.82) is 0 Å². The highest BCUT2D eigenvalue weighted by atomic mass is 16.5. The van der Waals surface area contributed by atoms with Crippen molar-refractivity contribution in [1.82, 2.24) is 19.8 Å². The normalized spacial score (nSPS) is 21.4. The fourth-order valence-electron chi connectivity index (χ4n) is 8.39. The van der Waals surface area contributed by atoms with Crippen molar-refractivity contribution in [3.8, 4) is 6.01 Å². The van der Waals surface area contributed by atoms with Crippen LogP contribution in [0, 0.1) is 5.92 Å². The Hall–Kier alpha value is -3.39. The third kappa shape index (κ3) is 5.50. The number of hydrogen-bond donors (Lipinski definition) is 0. The third-order valence-electron chi connectivity index (χ3n) is 10.8. The van der Waals surface area contributed by atoms with E-state index in [0.717, 1.165) is 63.4 Å². The molecule has 1 amide bonds. The predicted octanol–water partition coefficient (Wildman–Crippen LogP) is 5.46. The van der Waals surface area contributed by atoms with E-state index in [4.69, 9.17) is 14.7 Å². The standard InChI is InChI=1S/C36H48N6O2/c1-4-27-11-5-12-28-13-6-14-31(33(27)28)40-21-15-29-30(24-40)37-35(44-25-36-16-8-19-42(36)20-9-17-36)38-34(29)41-18-7-10-26(23-41)22-32(43)39(2)3/h5-6,11-14,26H,4,7-10,15-25H2,1-3H3. The van der Waals surface area contributed by atoms with Gasteiger partial charge < -0.3 is 19.4 Å². The largest absolute Gasteiger partial charge is 0.461 e. The maximum absolute atomic E-state index is 12.6. The lowest BCUT2D eigenvalue weighted by Crippen LogP contribution is -2.44. The molecule has 4 aliphatic heterocycles. The van der Waals surface area contributed by atoms with Crippen LogP contribution in [0.2, 0.25) is 0 Å². The molecule has 3 fully saturated rings. The zero-order chi connectivity index (χ0) is 30.3. The molecule has 3 saturated heterocycles. The molecule has 7 rings (SSSR count). The molecule has 0 bridgehead atoms. The van der Waals surface area contributed by atoms with E-state index in [2.05, 4.69) is 58.0 Å². The van der Waals surface area contributed by atoms with E-state index < -0.39 is 0 Å². The van der Waals surface area contributed by atoms with E-state index in [9.17, 15) is 4.79 Å². The summed E-state index contributed by atoms with van der Waals surface area (Å²) < 4.78 is 6.59. The van der Waals surface area contributed by atoms with E-state index in [1.807, 2.05) is 14.1 Å². The van der Waals surface area contributed by atoms with E-state index >= 15 is 0 Å². The Morgan fingerprint density at radius 3 is 2.57 bits per heavy atom. The summed E-state index contributed by atoms with van der Waals surface area (Å²) in [6, 6.07) is 13.9. The van der Waals surface area contributed by atoms with Gasteiger partial charge in [-0.3, -0.25) is 9.69 Å². The van der Waals surface area contributed by atoms with Gasteiger partial charge >= 0.3 is 6.01 Å². The minimum atomic E-state index is 0.147. The number of fused-ring (bicyclic) bond motifs is 3. The van der Waals surface area contributed by atoms with Crippen LogP contribution in [0.4, 0.5) is 11.5 Å². The first-order valence-corrected chi connectivity index (χ1v) is 16.9. The molecular formula is C36H48N6O2. The summed E-state index contributed by atoms with van der Waals surface area (Å²) in [5, 5.41) is 2.65. The second-order valence-corrected chi connectivity index (χ2v) is 13.7. The highest BCUT2D eigenvalue weighted by Crippen LogP contribution is 2.40. The topological polar surface area (TPSA) is 65.0 Å². The van der Waals surface area contributed by atoms with Gasteiger partial charge in [-0.25, -0.2) is 0 Å². The number of anilines is 2. The molecule has 3 aromatic rings. The molecule has 0 aliphatic carbocycles. The van der Waals surface area contributed by atoms with Crippen LogP contribution in [0.5, 0.6) is 6.01 Å². The quantitative estimate of drug-likeness (QED) is 0.342. The van der Waals surface area contributed by atoms with Gasteiger partial charge in [-0.2, -0.15) is 9.97 Å². The van der Waals surface area contributed by atoms with Crippen LogP contribution in [-0.4, -0.2) is 84.6 Å². The van der Waals surface area contributed by atoms with Crippen molar-refractivity contribution >= 4 is 28.2 Å². The molecule has 2 aromatic carbocycles. The van der Waals surface area contributed by atoms with Crippen LogP contribution in [0.25, 0.3) is 10.8 Å². The molecule has 5 heterocycles. The van der Waals surface area contributed by atoms with Crippen molar-refractivity contribution < 1.29 is 9.53 Å². The second-order valence-electron chi connectivity index (χ2n) is 13.7. The number of rotatable bonds is 8. The Labute approximate surface area is 262 Å². The zero-order valence-corrected chi connectivity index (χ0v) is 26.9. The van der Waals surface area contributed by atoms with Gasteiger partial charge in [0.15, 0.2) is 0 Å². The van der Waals surface area contributed by atoms with Gasteiger partial charge in [0.1, 0.15) is 12.4 Å². The Kier molecular flexibility index (Phi) is 8.12. The number of carbonyl (C=O) groups is 1. The average Bonchev–Trinajstić information content (AvgIpc) is 3.63. The minimum absolute atomic E-state index is 0.147. The highest BCUT2D eigenvalue weighted by Gasteiger charge is 2.45. The number of ether oxygens (including phenoxy) is 1. The minimum Gasteiger partial charge on any atom is -0.461 e. The number of aryl methyl sites for hydroxylation is 1. The van der Waals surface area contributed by atoms with Crippen molar-refractivity contribution in [2.75, 3.05) is 63.2 Å². The van der Waals surface area contributed by atoms with Crippen molar-refractivity contribution in [2.24, 2.45) is 5.92 Å². The maximum atomic E-state index is 12.6. The van der Waals surface area contributed by atoms with Crippen molar-refractivity contribution in [3.05, 3.63) is 53.2 Å². The lowest BCUT2D eigenvalue weighted by molar-refractivity contribution is -0.129. The van der Waals surface area contributed by atoms with Crippen molar-refractivity contribution in [2.45, 2.75) is 76.8 Å². The smallest absolute Gasteiger partial charge is 0.318 e. The molecule has 4 aliphatic rings. The molecule has 0 saturated carbocycles. The van der Waals surface area contributed by atoms with Crippen LogP contribution in [-0.2, 0) is 24.2 Å². The number of hydrogen-bond acceptors (Lipinski definition) is 7. The average molecular weight is 597 g/mol. The van der Waals surface area contributed by atoms with E-state index in [1.165, 1.54) is 66.4 Å². The first kappa shape index (κ1) is 29.3. The lowest BCUT2D eigenvalue weighted by atomic mass is 9.93. The Balaban J connectivity index is 1.21. The molecule has 44 heavy (non-hydrogen) atoms. The third-order valence-corrected chi connectivity index (χ3v) is 10.8. The molecule has 0 radical (unpaired) electrons. The molecule has 8 nitrogen and oxygen atoms in total.